The highest BCUT2D eigenvalue weighted by Crippen LogP contribution is 2.13. The van der Waals surface area contributed by atoms with Crippen LogP contribution in [0.3, 0.4) is 0 Å². The Labute approximate surface area is 95.6 Å². The predicted molar refractivity (Wildman–Crippen MR) is 52.6 cm³/mol. The molecule has 0 radical (unpaired) electrons. The molecule has 1 N–H and O–H groups in total. The minimum absolute atomic E-state index is 0. The first-order valence-electron chi connectivity index (χ1n) is 6.25. The zero-order valence-corrected chi connectivity index (χ0v) is 7.91. The summed E-state index contributed by atoms with van der Waals surface area (Å²) in [5.41, 5.74) is 0. The first-order valence-corrected chi connectivity index (χ1v) is 3.25. The number of imidazole rings is 1. The summed E-state index contributed by atoms with van der Waals surface area (Å²) in [6, 6.07) is 0. The van der Waals surface area contributed by atoms with Gasteiger partial charge in [-0.1, -0.05) is 0 Å². The van der Waals surface area contributed by atoms with Crippen molar-refractivity contribution < 1.29 is 18.3 Å². The fourth-order valence-electron chi connectivity index (χ4n) is 0.780. The molecule has 0 aliphatic heterocycles. The lowest BCUT2D eigenvalue weighted by Gasteiger charge is -2.00. The molecule has 0 unspecified atom stereocenters. The smallest absolute Gasteiger partial charge is 0.342 e. The number of hydrogen-bond acceptors (Lipinski definition) is 4. The van der Waals surface area contributed by atoms with Gasteiger partial charge in [0.05, 0.1) is 12.0 Å². The Morgan fingerprint density at radius 2 is 2.50 bits per heavy atom. The molecule has 1 aromatic rings. The molecule has 0 aliphatic rings. The molecular formula is C7H12ClN3O3. The summed E-state index contributed by atoms with van der Waals surface area (Å²) in [5, 5.41) is 19.9. The van der Waals surface area contributed by atoms with Gasteiger partial charge in [-0.15, -0.1) is 12.4 Å². The van der Waals surface area contributed by atoms with Crippen LogP contribution < -0.4 is 0 Å². The molecule has 80 valence electrons. The van der Waals surface area contributed by atoms with E-state index in [9.17, 15) is 10.1 Å². The molecule has 0 saturated carbocycles. The van der Waals surface area contributed by atoms with Crippen LogP contribution in [-0.2, 0) is 6.50 Å². The number of aromatic nitrogens is 2. The second-order valence-electron chi connectivity index (χ2n) is 2.10. The number of nitro groups is 1. The minimum atomic E-state index is -3.54. The second kappa shape index (κ2) is 5.56. The third-order valence-electron chi connectivity index (χ3n) is 1.33. The number of halogens is 1. The van der Waals surface area contributed by atoms with E-state index in [4.69, 9.17) is 13.3 Å². The van der Waals surface area contributed by atoms with Crippen LogP contribution in [0.15, 0.2) is 6.20 Å². The van der Waals surface area contributed by atoms with Crippen molar-refractivity contribution in [1.82, 2.24) is 9.55 Å². The molecule has 1 aromatic heterocycles. The van der Waals surface area contributed by atoms with Crippen molar-refractivity contribution in [2.24, 2.45) is 0 Å². The summed E-state index contributed by atoms with van der Waals surface area (Å²) in [5.74, 6) is -1.06. The van der Waals surface area contributed by atoms with E-state index >= 15 is 0 Å². The van der Waals surface area contributed by atoms with E-state index in [-0.39, 0.29) is 18.2 Å². The van der Waals surface area contributed by atoms with E-state index in [0.717, 1.165) is 6.20 Å². The van der Waals surface area contributed by atoms with Gasteiger partial charge in [0.25, 0.3) is 0 Å². The average molecular weight is 228 g/mol. The van der Waals surface area contributed by atoms with Gasteiger partial charge in [0.1, 0.15) is 6.20 Å². The summed E-state index contributed by atoms with van der Waals surface area (Å²) in [4.78, 5) is 13.3. The number of nitrogens with zero attached hydrogens (tertiary/aromatic N) is 3. The van der Waals surface area contributed by atoms with Gasteiger partial charge in [-0.2, -0.15) is 0 Å². The van der Waals surface area contributed by atoms with E-state index in [0.29, 0.717) is 4.57 Å². The molecule has 0 fully saturated rings. The van der Waals surface area contributed by atoms with Gasteiger partial charge in [-0.3, -0.25) is 0 Å². The SMILES string of the molecule is Cl.[2H]C([2H])(O)C([2H])([2H])C([2H])([2H])n1c([N+](=O)[O-])cnc1C. The molecule has 0 bridgehead atoms. The van der Waals surface area contributed by atoms with Crippen LogP contribution in [0.5, 0.6) is 0 Å². The summed E-state index contributed by atoms with van der Waals surface area (Å²) in [6.07, 6.45) is -2.70. The molecule has 0 spiro atoms. The Balaban J connectivity index is 0.00000361. The fraction of sp³-hybridized carbons (Fsp3) is 0.571. The highest BCUT2D eigenvalue weighted by Gasteiger charge is 2.15. The first-order chi connectivity index (χ1) is 8.34. The van der Waals surface area contributed by atoms with Crippen LogP contribution in [0, 0.1) is 17.0 Å². The number of aliphatic hydroxyl groups is 1. The van der Waals surface area contributed by atoms with Gasteiger partial charge in [0, 0.05) is 22.6 Å². The van der Waals surface area contributed by atoms with Crippen molar-refractivity contribution in [3.63, 3.8) is 0 Å². The van der Waals surface area contributed by atoms with Gasteiger partial charge in [0.2, 0.25) is 0 Å². The Bertz CT molecular complexity index is 514. The van der Waals surface area contributed by atoms with Gasteiger partial charge in [0.15, 0.2) is 5.82 Å². The van der Waals surface area contributed by atoms with Crippen LogP contribution >= 0.6 is 12.4 Å². The van der Waals surface area contributed by atoms with Crippen molar-refractivity contribution in [2.75, 3.05) is 6.56 Å². The van der Waals surface area contributed by atoms with Crippen LogP contribution in [0.2, 0.25) is 0 Å². The molecule has 1 rings (SSSR count). The zero-order chi connectivity index (χ0) is 15.2. The maximum Gasteiger partial charge on any atom is 0.342 e. The standard InChI is InChI=1S/C7H11N3O3.ClH/c1-6-8-5-7(10(12)13)9(6)3-2-4-11;/h5,11H,2-4H2,1H3;1H/i2D2,3D2,4D2;. The molecule has 0 amide bonds. The largest absolute Gasteiger partial charge is 0.396 e. The Hall–Kier alpha value is -1.14. The van der Waals surface area contributed by atoms with Gasteiger partial charge in [-0.25, -0.2) is 9.55 Å². The van der Waals surface area contributed by atoms with E-state index in [1.165, 1.54) is 6.92 Å². The van der Waals surface area contributed by atoms with Gasteiger partial charge in [-0.05, 0) is 4.92 Å². The fourth-order valence-corrected chi connectivity index (χ4v) is 0.780. The number of aryl methyl sites for hydroxylation is 1. The summed E-state index contributed by atoms with van der Waals surface area (Å²) in [6.45, 7) is -5.55. The molecule has 0 aromatic carbocycles. The maximum absolute atomic E-state index is 10.8. The van der Waals surface area contributed by atoms with Crippen molar-refractivity contribution >= 4 is 18.2 Å². The van der Waals surface area contributed by atoms with Crippen molar-refractivity contribution in [2.45, 2.75) is 19.8 Å². The molecule has 6 nitrogen and oxygen atoms in total. The number of hydrogen-bond donors (Lipinski definition) is 1. The topological polar surface area (TPSA) is 81.2 Å². The van der Waals surface area contributed by atoms with Crippen molar-refractivity contribution in [1.29, 1.82) is 0 Å². The van der Waals surface area contributed by atoms with Crippen LogP contribution in [0.1, 0.15) is 20.4 Å². The summed E-state index contributed by atoms with van der Waals surface area (Å²) >= 11 is 0. The second-order valence-corrected chi connectivity index (χ2v) is 2.10. The Kier molecular flexibility index (Phi) is 2.25. The van der Waals surface area contributed by atoms with E-state index in [1.54, 1.807) is 0 Å². The van der Waals surface area contributed by atoms with Crippen molar-refractivity contribution in [3.8, 4) is 0 Å². The molecule has 0 atom stereocenters. The highest BCUT2D eigenvalue weighted by atomic mass is 35.5. The Morgan fingerprint density at radius 1 is 1.86 bits per heavy atom. The van der Waals surface area contributed by atoms with Crippen LogP contribution in [0.25, 0.3) is 0 Å². The van der Waals surface area contributed by atoms with E-state index < -0.39 is 30.2 Å². The van der Waals surface area contributed by atoms with Crippen LogP contribution in [-0.4, -0.2) is 26.1 Å². The van der Waals surface area contributed by atoms with Gasteiger partial charge >= 0.3 is 5.82 Å². The molecule has 14 heavy (non-hydrogen) atoms. The normalized spacial score (nSPS) is 19.0. The highest BCUT2D eigenvalue weighted by molar-refractivity contribution is 5.85. The van der Waals surface area contributed by atoms with Crippen molar-refractivity contribution in [3.05, 3.63) is 22.1 Å². The van der Waals surface area contributed by atoms with E-state index in [2.05, 4.69) is 4.98 Å². The maximum atomic E-state index is 10.8. The lowest BCUT2D eigenvalue weighted by atomic mass is 10.4. The van der Waals surface area contributed by atoms with Crippen LogP contribution in [0.4, 0.5) is 5.82 Å². The summed E-state index contributed by atoms with van der Waals surface area (Å²) in [7, 11) is 0. The number of rotatable bonds is 4. The molecule has 0 saturated heterocycles. The molecule has 7 heteroatoms. The lowest BCUT2D eigenvalue weighted by Crippen LogP contribution is -2.06. The quantitative estimate of drug-likeness (QED) is 0.612. The third kappa shape index (κ3) is 2.68. The molecule has 1 heterocycles. The minimum Gasteiger partial charge on any atom is -0.396 e. The molecule has 0 aliphatic carbocycles. The zero-order valence-electron chi connectivity index (χ0n) is 13.1. The monoisotopic (exact) mass is 227 g/mol. The first kappa shape index (κ1) is 5.67. The predicted octanol–water partition coefficient (Wildman–Crippen LogP) is 0.904. The van der Waals surface area contributed by atoms with E-state index in [1.807, 2.05) is 0 Å². The lowest BCUT2D eigenvalue weighted by molar-refractivity contribution is -0.392. The van der Waals surface area contributed by atoms with Gasteiger partial charge < -0.3 is 15.2 Å². The summed E-state index contributed by atoms with van der Waals surface area (Å²) < 4.78 is 44.2. The Morgan fingerprint density at radius 3 is 3.00 bits per heavy atom. The third-order valence-corrected chi connectivity index (χ3v) is 1.33. The average Bonchev–Trinajstić information content (AvgIpc) is 2.58. The molecular weight excluding hydrogens is 210 g/mol.